The Hall–Kier alpha value is -1.14. The van der Waals surface area contributed by atoms with Crippen LogP contribution in [0.25, 0.3) is 0 Å². The van der Waals surface area contributed by atoms with Crippen molar-refractivity contribution in [2.45, 2.75) is 13.3 Å². The molecule has 0 fully saturated rings. The molecule has 0 heterocycles. The van der Waals surface area contributed by atoms with E-state index in [-0.39, 0.29) is 0 Å². The van der Waals surface area contributed by atoms with Crippen molar-refractivity contribution in [3.63, 3.8) is 0 Å². The first kappa shape index (κ1) is 10.9. The van der Waals surface area contributed by atoms with Crippen molar-refractivity contribution < 1.29 is 5.11 Å². The Morgan fingerprint density at radius 1 is 1.43 bits per heavy atom. The summed E-state index contributed by atoms with van der Waals surface area (Å²) in [5, 5.41) is 19.6. The SMILES string of the molecule is CC(CSC#N)Cc1ccc(O)cc1. The van der Waals surface area contributed by atoms with E-state index in [9.17, 15) is 0 Å². The highest BCUT2D eigenvalue weighted by molar-refractivity contribution is 8.03. The van der Waals surface area contributed by atoms with Gasteiger partial charge in [0.05, 0.1) is 0 Å². The van der Waals surface area contributed by atoms with Crippen molar-refractivity contribution in [3.05, 3.63) is 29.8 Å². The molecular formula is C11H13NOS. The van der Waals surface area contributed by atoms with Gasteiger partial charge >= 0.3 is 0 Å². The van der Waals surface area contributed by atoms with Gasteiger partial charge in [0.25, 0.3) is 0 Å². The van der Waals surface area contributed by atoms with Crippen molar-refractivity contribution in [3.8, 4) is 11.2 Å². The van der Waals surface area contributed by atoms with Crippen LogP contribution in [0.1, 0.15) is 12.5 Å². The molecule has 1 unspecified atom stereocenters. The topological polar surface area (TPSA) is 44.0 Å². The van der Waals surface area contributed by atoms with Gasteiger partial charge in [-0.25, -0.2) is 0 Å². The molecule has 0 amide bonds. The van der Waals surface area contributed by atoms with Crippen molar-refractivity contribution >= 4 is 11.8 Å². The second kappa shape index (κ2) is 5.56. The van der Waals surface area contributed by atoms with Gasteiger partial charge in [-0.3, -0.25) is 0 Å². The second-order valence-electron chi connectivity index (χ2n) is 3.38. The first-order chi connectivity index (χ1) is 6.72. The molecule has 2 nitrogen and oxygen atoms in total. The summed E-state index contributed by atoms with van der Waals surface area (Å²) in [6.45, 7) is 2.12. The summed E-state index contributed by atoms with van der Waals surface area (Å²) in [4.78, 5) is 0. The van der Waals surface area contributed by atoms with Gasteiger partial charge in [0.2, 0.25) is 0 Å². The molecule has 74 valence electrons. The number of nitrogens with zero attached hydrogens (tertiary/aromatic N) is 1. The Balaban J connectivity index is 2.44. The number of thiocyanates is 1. The van der Waals surface area contributed by atoms with Gasteiger partial charge in [-0.2, -0.15) is 5.26 Å². The lowest BCUT2D eigenvalue weighted by atomic mass is 10.0. The Bertz CT molecular complexity index is 315. The average molecular weight is 207 g/mol. The molecule has 3 heteroatoms. The smallest absolute Gasteiger partial charge is 0.133 e. The lowest BCUT2D eigenvalue weighted by molar-refractivity contribution is 0.475. The largest absolute Gasteiger partial charge is 0.508 e. The van der Waals surface area contributed by atoms with E-state index in [1.165, 1.54) is 17.3 Å². The van der Waals surface area contributed by atoms with E-state index in [4.69, 9.17) is 10.4 Å². The average Bonchev–Trinajstić information content (AvgIpc) is 2.18. The van der Waals surface area contributed by atoms with E-state index in [1.54, 1.807) is 12.1 Å². The van der Waals surface area contributed by atoms with Crippen LogP contribution >= 0.6 is 11.8 Å². The predicted molar refractivity (Wildman–Crippen MR) is 59.0 cm³/mol. The highest BCUT2D eigenvalue weighted by atomic mass is 32.2. The molecule has 0 saturated heterocycles. The van der Waals surface area contributed by atoms with E-state index in [0.29, 0.717) is 11.7 Å². The lowest BCUT2D eigenvalue weighted by Crippen LogP contribution is -2.01. The van der Waals surface area contributed by atoms with Crippen LogP contribution in [-0.2, 0) is 6.42 Å². The number of phenols is 1. The zero-order chi connectivity index (χ0) is 10.4. The summed E-state index contributed by atoms with van der Waals surface area (Å²) >= 11 is 1.29. The third-order valence-corrected chi connectivity index (χ3v) is 2.82. The van der Waals surface area contributed by atoms with Gasteiger partial charge in [0.1, 0.15) is 11.2 Å². The summed E-state index contributed by atoms with van der Waals surface area (Å²) in [5.74, 6) is 1.65. The minimum atomic E-state index is 0.299. The maximum atomic E-state index is 9.09. The third-order valence-electron chi connectivity index (χ3n) is 1.95. The van der Waals surface area contributed by atoms with Crippen LogP contribution in [0, 0.1) is 16.6 Å². The van der Waals surface area contributed by atoms with Gasteiger partial charge < -0.3 is 5.11 Å². The number of aromatic hydroxyl groups is 1. The van der Waals surface area contributed by atoms with Gasteiger partial charge in [-0.15, -0.1) is 0 Å². The molecule has 1 N–H and O–H groups in total. The molecule has 0 aliphatic heterocycles. The molecular weight excluding hydrogens is 194 g/mol. The van der Waals surface area contributed by atoms with Gasteiger partial charge in [-0.1, -0.05) is 19.1 Å². The normalized spacial score (nSPS) is 12.0. The number of phenolic OH excluding ortho intramolecular Hbond substituents is 1. The molecule has 0 aliphatic rings. The molecule has 0 aromatic heterocycles. The van der Waals surface area contributed by atoms with Crippen LogP contribution in [0.3, 0.4) is 0 Å². The number of thioether (sulfide) groups is 1. The van der Waals surface area contributed by atoms with Crippen LogP contribution in [0.2, 0.25) is 0 Å². The summed E-state index contributed by atoms with van der Waals surface area (Å²) < 4.78 is 0. The van der Waals surface area contributed by atoms with Crippen LogP contribution in [0.4, 0.5) is 0 Å². The number of rotatable bonds is 4. The highest BCUT2D eigenvalue weighted by Gasteiger charge is 2.03. The molecule has 1 aromatic carbocycles. The number of benzene rings is 1. The lowest BCUT2D eigenvalue weighted by Gasteiger charge is -2.08. The number of hydrogen-bond donors (Lipinski definition) is 1. The predicted octanol–water partition coefficient (Wildman–Crippen LogP) is 2.79. The Kier molecular flexibility index (Phi) is 4.34. The zero-order valence-electron chi connectivity index (χ0n) is 8.10. The van der Waals surface area contributed by atoms with E-state index in [2.05, 4.69) is 12.3 Å². The zero-order valence-corrected chi connectivity index (χ0v) is 8.92. The van der Waals surface area contributed by atoms with E-state index in [1.807, 2.05) is 12.1 Å². The fourth-order valence-corrected chi connectivity index (χ4v) is 1.75. The van der Waals surface area contributed by atoms with E-state index in [0.717, 1.165) is 12.2 Å². The van der Waals surface area contributed by atoms with Crippen molar-refractivity contribution in [1.82, 2.24) is 0 Å². The van der Waals surface area contributed by atoms with Crippen molar-refractivity contribution in [1.29, 1.82) is 5.26 Å². The number of hydrogen-bond acceptors (Lipinski definition) is 3. The van der Waals surface area contributed by atoms with Crippen LogP contribution in [-0.4, -0.2) is 10.9 Å². The standard InChI is InChI=1S/C11H13NOS/c1-9(7-14-8-12)6-10-2-4-11(13)5-3-10/h2-5,9,13H,6-7H2,1H3. The van der Waals surface area contributed by atoms with Gasteiger partial charge in [0, 0.05) is 5.75 Å². The molecule has 1 aromatic rings. The third kappa shape index (κ3) is 3.71. The summed E-state index contributed by atoms with van der Waals surface area (Å²) in [6, 6.07) is 7.23. The quantitative estimate of drug-likeness (QED) is 0.772. The van der Waals surface area contributed by atoms with Crippen LogP contribution < -0.4 is 0 Å². The van der Waals surface area contributed by atoms with Gasteiger partial charge in [-0.05, 0) is 41.8 Å². The van der Waals surface area contributed by atoms with E-state index < -0.39 is 0 Å². The molecule has 0 radical (unpaired) electrons. The van der Waals surface area contributed by atoms with E-state index >= 15 is 0 Å². The molecule has 14 heavy (non-hydrogen) atoms. The molecule has 1 rings (SSSR count). The van der Waals surface area contributed by atoms with Crippen LogP contribution in [0.5, 0.6) is 5.75 Å². The first-order valence-corrected chi connectivity index (χ1v) is 5.49. The summed E-state index contributed by atoms with van der Waals surface area (Å²) in [6.07, 6.45) is 0.953. The molecule has 0 spiro atoms. The monoisotopic (exact) mass is 207 g/mol. The highest BCUT2D eigenvalue weighted by Crippen LogP contribution is 2.16. The van der Waals surface area contributed by atoms with Crippen LogP contribution in [0.15, 0.2) is 24.3 Å². The Morgan fingerprint density at radius 3 is 2.64 bits per heavy atom. The number of nitriles is 1. The summed E-state index contributed by atoms with van der Waals surface area (Å²) in [7, 11) is 0. The van der Waals surface area contributed by atoms with Gasteiger partial charge in [0.15, 0.2) is 0 Å². The first-order valence-electron chi connectivity index (χ1n) is 4.51. The minimum Gasteiger partial charge on any atom is -0.508 e. The fourth-order valence-electron chi connectivity index (χ4n) is 1.27. The summed E-state index contributed by atoms with van der Waals surface area (Å²) in [5.41, 5.74) is 1.20. The maximum Gasteiger partial charge on any atom is 0.133 e. The van der Waals surface area contributed by atoms with Crippen molar-refractivity contribution in [2.75, 3.05) is 5.75 Å². The Morgan fingerprint density at radius 2 is 2.07 bits per heavy atom. The minimum absolute atomic E-state index is 0.299. The molecule has 1 atom stereocenters. The van der Waals surface area contributed by atoms with Crippen molar-refractivity contribution in [2.24, 2.45) is 5.92 Å². The molecule has 0 bridgehead atoms. The second-order valence-corrected chi connectivity index (χ2v) is 4.18. The molecule has 0 saturated carbocycles. The molecule has 0 aliphatic carbocycles. The maximum absolute atomic E-state index is 9.09. The fraction of sp³-hybridized carbons (Fsp3) is 0.364. The Labute approximate surface area is 88.6 Å².